The van der Waals surface area contributed by atoms with Crippen LogP contribution in [0.4, 0.5) is 8.78 Å². The number of hydrogen-bond donors (Lipinski definition) is 0. The Hall–Kier alpha value is -2.21. The van der Waals surface area contributed by atoms with Gasteiger partial charge in [-0.15, -0.1) is 0 Å². The van der Waals surface area contributed by atoms with E-state index in [1.807, 2.05) is 25.1 Å². The molecule has 0 saturated carbocycles. The molecule has 3 aromatic rings. The van der Waals surface area contributed by atoms with Crippen molar-refractivity contribution in [1.29, 1.82) is 0 Å². The first-order valence-electron chi connectivity index (χ1n) is 7.35. The molecule has 0 N–H and O–H groups in total. The van der Waals surface area contributed by atoms with Gasteiger partial charge in [-0.1, -0.05) is 36.4 Å². The molecule has 4 rings (SSSR count). The van der Waals surface area contributed by atoms with Crippen LogP contribution in [0.25, 0.3) is 22.6 Å². The van der Waals surface area contributed by atoms with E-state index in [0.29, 0.717) is 11.3 Å². The fourth-order valence-corrected chi connectivity index (χ4v) is 3.10. The van der Waals surface area contributed by atoms with Gasteiger partial charge in [-0.25, -0.2) is 4.98 Å². The molecular formula is C18H14BrF2N2O-. The van der Waals surface area contributed by atoms with Gasteiger partial charge in [-0.3, -0.25) is 0 Å². The fraction of sp³-hybridized carbons (Fsp3) is 0.167. The Morgan fingerprint density at radius 1 is 1.04 bits per heavy atom. The van der Waals surface area contributed by atoms with Crippen LogP contribution in [-0.4, -0.2) is 16.2 Å². The van der Waals surface area contributed by atoms with E-state index in [1.54, 1.807) is 24.3 Å². The molecule has 124 valence electrons. The summed E-state index contributed by atoms with van der Waals surface area (Å²) in [7, 11) is 0. The summed E-state index contributed by atoms with van der Waals surface area (Å²) in [5.74, 6) is 1.02. The number of halogens is 3. The van der Waals surface area contributed by atoms with Gasteiger partial charge in [-0.2, -0.15) is 8.78 Å². The maximum Gasteiger partial charge on any atom is 0.387 e. The van der Waals surface area contributed by atoms with Crippen molar-refractivity contribution in [3.63, 3.8) is 0 Å². The summed E-state index contributed by atoms with van der Waals surface area (Å²) >= 11 is 0. The van der Waals surface area contributed by atoms with Gasteiger partial charge >= 0.3 is 6.61 Å². The van der Waals surface area contributed by atoms with Crippen LogP contribution < -0.4 is 21.7 Å². The SMILES string of the molecule is Cc1c(-c2ccccc2OC(F)F)nc2n1Cc1ccccc1-2.[Br-]. The highest BCUT2D eigenvalue weighted by Crippen LogP contribution is 2.39. The van der Waals surface area contributed by atoms with Crippen LogP contribution in [-0.2, 0) is 6.54 Å². The highest BCUT2D eigenvalue weighted by Gasteiger charge is 2.25. The van der Waals surface area contributed by atoms with Crippen molar-refractivity contribution < 1.29 is 30.5 Å². The van der Waals surface area contributed by atoms with Gasteiger partial charge in [0.15, 0.2) is 0 Å². The molecule has 1 aromatic heterocycles. The van der Waals surface area contributed by atoms with Crippen molar-refractivity contribution in [3.8, 4) is 28.4 Å². The Morgan fingerprint density at radius 2 is 1.71 bits per heavy atom. The number of imidazole rings is 1. The molecule has 0 fully saturated rings. The number of fused-ring (bicyclic) bond motifs is 3. The first-order valence-corrected chi connectivity index (χ1v) is 7.35. The summed E-state index contributed by atoms with van der Waals surface area (Å²) in [6.45, 7) is -0.148. The van der Waals surface area contributed by atoms with E-state index in [0.717, 1.165) is 23.6 Å². The lowest BCUT2D eigenvalue weighted by Crippen LogP contribution is -3.00. The smallest absolute Gasteiger partial charge is 0.387 e. The van der Waals surface area contributed by atoms with Crippen LogP contribution in [0.2, 0.25) is 0 Å². The second-order valence-corrected chi connectivity index (χ2v) is 5.49. The third kappa shape index (κ3) is 2.60. The van der Waals surface area contributed by atoms with Gasteiger partial charge in [0.2, 0.25) is 0 Å². The third-order valence-corrected chi connectivity index (χ3v) is 4.17. The van der Waals surface area contributed by atoms with Gasteiger partial charge in [0, 0.05) is 16.8 Å². The molecule has 0 spiro atoms. The molecule has 0 aliphatic carbocycles. The Kier molecular flexibility index (Phi) is 4.41. The standard InChI is InChI=1S/C18H14F2N2O.BrH/c1-11-16(14-8-4-5-9-15(14)23-18(19)20)21-17-13-7-3-2-6-12(13)10-22(11)17;/h2-9,18H,10H2,1H3;1H/p-1. The first-order chi connectivity index (χ1) is 11.1. The quantitative estimate of drug-likeness (QED) is 0.529. The minimum atomic E-state index is -2.85. The molecule has 0 unspecified atom stereocenters. The zero-order valence-electron chi connectivity index (χ0n) is 12.8. The minimum absolute atomic E-state index is 0. The van der Waals surface area contributed by atoms with Crippen molar-refractivity contribution in [1.82, 2.24) is 9.55 Å². The molecule has 24 heavy (non-hydrogen) atoms. The summed E-state index contributed by atoms with van der Waals surface area (Å²) in [6.07, 6.45) is 0. The van der Waals surface area contributed by atoms with Crippen molar-refractivity contribution in [3.05, 3.63) is 59.8 Å². The summed E-state index contributed by atoms with van der Waals surface area (Å²) in [5, 5.41) is 0. The van der Waals surface area contributed by atoms with Crippen molar-refractivity contribution in [2.75, 3.05) is 0 Å². The zero-order chi connectivity index (χ0) is 16.0. The lowest BCUT2D eigenvalue weighted by Gasteiger charge is -2.10. The van der Waals surface area contributed by atoms with Crippen LogP contribution >= 0.6 is 0 Å². The average Bonchev–Trinajstić information content (AvgIpc) is 3.05. The van der Waals surface area contributed by atoms with E-state index < -0.39 is 6.61 Å². The van der Waals surface area contributed by atoms with Crippen LogP contribution in [0.15, 0.2) is 48.5 Å². The number of benzene rings is 2. The summed E-state index contributed by atoms with van der Waals surface area (Å²) in [6, 6.07) is 14.9. The van der Waals surface area contributed by atoms with Crippen molar-refractivity contribution >= 4 is 0 Å². The van der Waals surface area contributed by atoms with Gasteiger partial charge < -0.3 is 26.3 Å². The second-order valence-electron chi connectivity index (χ2n) is 5.49. The van der Waals surface area contributed by atoms with E-state index in [9.17, 15) is 8.78 Å². The fourth-order valence-electron chi connectivity index (χ4n) is 3.10. The molecule has 3 nitrogen and oxygen atoms in total. The number of rotatable bonds is 3. The molecule has 0 saturated heterocycles. The van der Waals surface area contributed by atoms with E-state index in [-0.39, 0.29) is 22.7 Å². The molecular weight excluding hydrogens is 378 g/mol. The molecule has 6 heteroatoms. The molecule has 1 aliphatic rings. The van der Waals surface area contributed by atoms with Crippen molar-refractivity contribution in [2.24, 2.45) is 0 Å². The highest BCUT2D eigenvalue weighted by atomic mass is 79.9. The highest BCUT2D eigenvalue weighted by molar-refractivity contribution is 5.75. The lowest BCUT2D eigenvalue weighted by atomic mass is 10.1. The zero-order valence-corrected chi connectivity index (χ0v) is 14.4. The van der Waals surface area contributed by atoms with E-state index in [4.69, 9.17) is 4.98 Å². The van der Waals surface area contributed by atoms with Gasteiger partial charge in [-0.05, 0) is 24.6 Å². The normalized spacial score (nSPS) is 11.8. The number of ether oxygens (including phenoxy) is 1. The van der Waals surface area contributed by atoms with Crippen LogP contribution in [0.1, 0.15) is 11.3 Å². The van der Waals surface area contributed by atoms with E-state index in [1.165, 1.54) is 5.56 Å². The Labute approximate surface area is 148 Å². The summed E-state index contributed by atoms with van der Waals surface area (Å²) in [5.41, 5.74) is 4.54. The van der Waals surface area contributed by atoms with Crippen LogP contribution in [0.3, 0.4) is 0 Å². The first kappa shape index (κ1) is 16.6. The van der Waals surface area contributed by atoms with Crippen molar-refractivity contribution in [2.45, 2.75) is 20.1 Å². The number of aromatic nitrogens is 2. The van der Waals surface area contributed by atoms with Gasteiger partial charge in [0.05, 0.1) is 12.2 Å². The predicted molar refractivity (Wildman–Crippen MR) is 83.6 cm³/mol. The summed E-state index contributed by atoms with van der Waals surface area (Å²) < 4.78 is 32.0. The third-order valence-electron chi connectivity index (χ3n) is 4.17. The van der Waals surface area contributed by atoms with Crippen LogP contribution in [0, 0.1) is 6.92 Å². The Morgan fingerprint density at radius 3 is 2.46 bits per heavy atom. The van der Waals surface area contributed by atoms with Gasteiger partial charge in [0.25, 0.3) is 0 Å². The minimum Gasteiger partial charge on any atom is -1.00 e. The lowest BCUT2D eigenvalue weighted by molar-refractivity contribution is -0.0494. The Balaban J connectivity index is 0.00000169. The van der Waals surface area contributed by atoms with E-state index >= 15 is 0 Å². The van der Waals surface area contributed by atoms with E-state index in [2.05, 4.69) is 15.4 Å². The number of nitrogens with zero attached hydrogens (tertiary/aromatic N) is 2. The second kappa shape index (κ2) is 6.36. The van der Waals surface area contributed by atoms with Crippen LogP contribution in [0.5, 0.6) is 5.75 Å². The molecule has 2 aromatic carbocycles. The Bertz CT molecular complexity index is 892. The maximum atomic E-state index is 12.6. The topological polar surface area (TPSA) is 27.1 Å². The largest absolute Gasteiger partial charge is 1.00 e. The predicted octanol–water partition coefficient (Wildman–Crippen LogP) is 1.49. The molecule has 2 heterocycles. The van der Waals surface area contributed by atoms with Gasteiger partial charge in [0.1, 0.15) is 11.6 Å². The average molecular weight is 392 g/mol. The molecule has 0 atom stereocenters. The molecule has 0 amide bonds. The number of hydrogen-bond acceptors (Lipinski definition) is 2. The molecule has 1 aliphatic heterocycles. The molecule has 0 bridgehead atoms. The maximum absolute atomic E-state index is 12.6. The monoisotopic (exact) mass is 391 g/mol. The summed E-state index contributed by atoms with van der Waals surface area (Å²) in [4.78, 5) is 4.71. The molecule has 0 radical (unpaired) electrons. The number of alkyl halides is 2. The number of para-hydroxylation sites is 1.